The van der Waals surface area contributed by atoms with E-state index >= 15 is 0 Å². The van der Waals surface area contributed by atoms with E-state index < -0.39 is 17.7 Å². The van der Waals surface area contributed by atoms with E-state index in [2.05, 4.69) is 20.6 Å². The third kappa shape index (κ3) is 7.83. The maximum atomic E-state index is 12.9. The number of carbonyl (C=O) groups excluding carboxylic acids is 1. The Bertz CT molecular complexity index is 1300. The first-order valence-electron chi connectivity index (χ1n) is 10.6. The van der Waals surface area contributed by atoms with Gasteiger partial charge in [0.2, 0.25) is 0 Å². The van der Waals surface area contributed by atoms with E-state index in [0.717, 1.165) is 23.8 Å². The number of nitrogens with zero attached hydrogens (tertiary/aromatic N) is 1. The maximum absolute atomic E-state index is 12.9. The molecule has 0 aromatic heterocycles. The first kappa shape index (κ1) is 27.8. The quantitative estimate of drug-likeness (QED) is 0.153. The number of hydrogen-bond donors (Lipinski definition) is 2. The lowest BCUT2D eigenvalue weighted by molar-refractivity contribution is -0.137. The zero-order valence-corrected chi connectivity index (χ0v) is 21.1. The maximum Gasteiger partial charge on any atom is 0.416 e. The summed E-state index contributed by atoms with van der Waals surface area (Å²) in [6.45, 7) is 0.241. The van der Waals surface area contributed by atoms with Gasteiger partial charge in [-0.25, -0.2) is 4.79 Å². The highest BCUT2D eigenvalue weighted by molar-refractivity contribution is 7.80. The molecule has 7 nitrogen and oxygen atoms in total. The summed E-state index contributed by atoms with van der Waals surface area (Å²) in [4.78, 5) is 11.5. The van der Waals surface area contributed by atoms with Gasteiger partial charge < -0.3 is 19.5 Å². The topological polar surface area (TPSA) is 81.2 Å². The highest BCUT2D eigenvalue weighted by Crippen LogP contribution is 2.34. The molecular weight excluding hydrogens is 531 g/mol. The van der Waals surface area contributed by atoms with Crippen LogP contribution in [0.15, 0.2) is 65.8 Å². The van der Waals surface area contributed by atoms with Crippen LogP contribution in [0.4, 0.5) is 18.9 Å². The van der Waals surface area contributed by atoms with Crippen molar-refractivity contribution < 1.29 is 32.2 Å². The zero-order valence-electron chi connectivity index (χ0n) is 19.6. The van der Waals surface area contributed by atoms with Gasteiger partial charge in [0.05, 0.1) is 42.3 Å². The molecule has 0 amide bonds. The number of thiocarbonyl (C=S) groups is 1. The Kier molecular flexibility index (Phi) is 9.31. The molecule has 0 aliphatic rings. The van der Waals surface area contributed by atoms with Crippen molar-refractivity contribution in [2.24, 2.45) is 5.10 Å². The minimum Gasteiger partial charge on any atom is -0.493 e. The molecule has 0 bridgehead atoms. The van der Waals surface area contributed by atoms with E-state index in [9.17, 15) is 18.0 Å². The number of methoxy groups -OCH3 is 2. The number of benzene rings is 3. The summed E-state index contributed by atoms with van der Waals surface area (Å²) >= 11 is 11.0. The number of esters is 1. The van der Waals surface area contributed by atoms with Gasteiger partial charge in [0, 0.05) is 0 Å². The lowest BCUT2D eigenvalue weighted by atomic mass is 10.1. The van der Waals surface area contributed by atoms with Crippen LogP contribution in [0.3, 0.4) is 0 Å². The largest absolute Gasteiger partial charge is 0.493 e. The number of alkyl halides is 3. The number of hydrogen-bond acceptors (Lipinski definition) is 6. The van der Waals surface area contributed by atoms with Gasteiger partial charge in [0.1, 0.15) is 6.61 Å². The second-order valence-electron chi connectivity index (χ2n) is 7.40. The Hall–Kier alpha value is -3.83. The second-order valence-corrected chi connectivity index (χ2v) is 8.22. The molecule has 0 atom stereocenters. The van der Waals surface area contributed by atoms with Crippen molar-refractivity contribution in [3.8, 4) is 11.5 Å². The van der Waals surface area contributed by atoms with E-state index in [1.807, 2.05) is 0 Å². The Balaban J connectivity index is 1.59. The fourth-order valence-electron chi connectivity index (χ4n) is 3.01. The van der Waals surface area contributed by atoms with Gasteiger partial charge in [0.25, 0.3) is 0 Å². The number of ether oxygens (including phenoxy) is 3. The van der Waals surface area contributed by atoms with Crippen molar-refractivity contribution in [1.29, 1.82) is 0 Å². The second kappa shape index (κ2) is 12.4. The van der Waals surface area contributed by atoms with Crippen LogP contribution >= 0.6 is 23.8 Å². The Morgan fingerprint density at radius 2 is 1.78 bits per heavy atom. The Morgan fingerprint density at radius 1 is 1.05 bits per heavy atom. The Morgan fingerprint density at radius 3 is 2.43 bits per heavy atom. The number of carbonyl (C=O) groups is 1. The summed E-state index contributed by atoms with van der Waals surface area (Å²) in [7, 11) is 2.81. The zero-order chi connectivity index (χ0) is 27.0. The van der Waals surface area contributed by atoms with Gasteiger partial charge in [-0.3, -0.25) is 5.43 Å². The molecule has 194 valence electrons. The van der Waals surface area contributed by atoms with Crippen LogP contribution in [0, 0.1) is 0 Å². The summed E-state index contributed by atoms with van der Waals surface area (Å²) in [6.07, 6.45) is -3.07. The molecule has 3 rings (SSSR count). The number of anilines is 1. The summed E-state index contributed by atoms with van der Waals surface area (Å²) in [6, 6.07) is 14.8. The molecule has 0 aliphatic heterocycles. The fraction of sp³-hybridized carbons (Fsp3) is 0.160. The fourth-order valence-corrected chi connectivity index (χ4v) is 3.34. The molecule has 0 saturated carbocycles. The van der Waals surface area contributed by atoms with Crippen molar-refractivity contribution in [3.05, 3.63) is 87.9 Å². The standard InChI is InChI=1S/C25H21ClF3N3O4S/c1-34-22-11-16(5-10-21(22)36-14-15-3-6-17(7-4-15)23(33)35-2)13-30-32-24(37)31-20-12-18(25(27,28)29)8-9-19(20)26/h3-13H,14H2,1-2H3,(H2,31,32,37)/b30-13+. The summed E-state index contributed by atoms with van der Waals surface area (Å²) in [5.74, 6) is 0.518. The van der Waals surface area contributed by atoms with E-state index in [4.69, 9.17) is 33.3 Å². The van der Waals surface area contributed by atoms with Gasteiger partial charge >= 0.3 is 12.1 Å². The van der Waals surface area contributed by atoms with Crippen molar-refractivity contribution in [3.63, 3.8) is 0 Å². The average Bonchev–Trinajstić information content (AvgIpc) is 2.88. The molecule has 3 aromatic carbocycles. The molecule has 0 aliphatic carbocycles. The third-order valence-electron chi connectivity index (χ3n) is 4.88. The van der Waals surface area contributed by atoms with Gasteiger partial charge in [-0.15, -0.1) is 0 Å². The predicted molar refractivity (Wildman–Crippen MR) is 139 cm³/mol. The van der Waals surface area contributed by atoms with Gasteiger partial charge in [-0.2, -0.15) is 18.3 Å². The SMILES string of the molecule is COC(=O)c1ccc(COc2ccc(/C=N/NC(=S)Nc3cc(C(F)(F)F)ccc3Cl)cc2OC)cc1. The van der Waals surface area contributed by atoms with E-state index in [1.54, 1.807) is 42.5 Å². The van der Waals surface area contributed by atoms with Crippen LogP contribution in [0.2, 0.25) is 5.02 Å². The van der Waals surface area contributed by atoms with Crippen molar-refractivity contribution in [2.75, 3.05) is 19.5 Å². The lowest BCUT2D eigenvalue weighted by Crippen LogP contribution is -2.24. The normalized spacial score (nSPS) is 11.2. The predicted octanol–water partition coefficient (Wildman–Crippen LogP) is 6.05. The minimum atomic E-state index is -4.52. The van der Waals surface area contributed by atoms with Crippen LogP contribution in [0.1, 0.15) is 27.0 Å². The monoisotopic (exact) mass is 551 g/mol. The van der Waals surface area contributed by atoms with Gasteiger partial charge in [0.15, 0.2) is 16.6 Å². The van der Waals surface area contributed by atoms with Gasteiger partial charge in [-0.05, 0) is 71.9 Å². The van der Waals surface area contributed by atoms with Crippen LogP contribution in [-0.4, -0.2) is 31.5 Å². The summed E-state index contributed by atoms with van der Waals surface area (Å²) in [5.41, 5.74) is 3.57. The number of rotatable bonds is 8. The molecule has 2 N–H and O–H groups in total. The first-order valence-corrected chi connectivity index (χ1v) is 11.3. The van der Waals surface area contributed by atoms with Crippen LogP contribution in [0.25, 0.3) is 0 Å². The Labute approximate surface area is 221 Å². The molecular formula is C25H21ClF3N3O4S. The summed E-state index contributed by atoms with van der Waals surface area (Å²) < 4.78 is 54.7. The van der Waals surface area contributed by atoms with E-state index in [0.29, 0.717) is 22.6 Å². The number of hydrazone groups is 1. The van der Waals surface area contributed by atoms with E-state index in [-0.39, 0.29) is 22.4 Å². The molecule has 0 fully saturated rings. The molecule has 0 spiro atoms. The molecule has 12 heteroatoms. The average molecular weight is 552 g/mol. The molecule has 0 heterocycles. The van der Waals surface area contributed by atoms with Crippen LogP contribution < -0.4 is 20.2 Å². The van der Waals surface area contributed by atoms with Crippen molar-refractivity contribution in [2.45, 2.75) is 12.8 Å². The smallest absolute Gasteiger partial charge is 0.416 e. The highest BCUT2D eigenvalue weighted by Gasteiger charge is 2.31. The highest BCUT2D eigenvalue weighted by atomic mass is 35.5. The molecule has 3 aromatic rings. The minimum absolute atomic E-state index is 0.00713. The molecule has 37 heavy (non-hydrogen) atoms. The van der Waals surface area contributed by atoms with Crippen molar-refractivity contribution >= 4 is 46.8 Å². The summed E-state index contributed by atoms with van der Waals surface area (Å²) in [5, 5.41) is 6.60. The van der Waals surface area contributed by atoms with Crippen molar-refractivity contribution in [1.82, 2.24) is 5.43 Å². The third-order valence-corrected chi connectivity index (χ3v) is 5.40. The number of nitrogens with one attached hydrogen (secondary N) is 2. The molecule has 0 saturated heterocycles. The first-order chi connectivity index (χ1) is 17.6. The lowest BCUT2D eigenvalue weighted by Gasteiger charge is -2.13. The van der Waals surface area contributed by atoms with Crippen LogP contribution in [0.5, 0.6) is 11.5 Å². The molecule has 0 radical (unpaired) electrons. The van der Waals surface area contributed by atoms with E-state index in [1.165, 1.54) is 20.4 Å². The van der Waals surface area contributed by atoms with Crippen LogP contribution in [-0.2, 0) is 17.5 Å². The number of halogens is 4. The van der Waals surface area contributed by atoms with Gasteiger partial charge in [-0.1, -0.05) is 23.7 Å². The molecule has 0 unspecified atom stereocenters.